The lowest BCUT2D eigenvalue weighted by Gasteiger charge is -2.39. The molecule has 0 heterocycles. The molecule has 2 atom stereocenters. The summed E-state index contributed by atoms with van der Waals surface area (Å²) in [4.78, 5) is 12.6. The van der Waals surface area contributed by atoms with E-state index in [0.717, 1.165) is 27.1 Å². The molecule has 1 aliphatic rings. The van der Waals surface area contributed by atoms with Crippen LogP contribution in [0.4, 0.5) is 0 Å². The second kappa shape index (κ2) is 6.93. The fourth-order valence-electron chi connectivity index (χ4n) is 2.91. The number of amides is 1. The van der Waals surface area contributed by atoms with Gasteiger partial charge in [0.1, 0.15) is 0 Å². The van der Waals surface area contributed by atoms with Gasteiger partial charge in [-0.1, -0.05) is 51.6 Å². The third-order valence-corrected chi connectivity index (χ3v) is 6.16. The highest BCUT2D eigenvalue weighted by Gasteiger charge is 2.35. The molecule has 1 aromatic carbocycles. The summed E-state index contributed by atoms with van der Waals surface area (Å²) in [6, 6.07) is 5.67. The van der Waals surface area contributed by atoms with Crippen LogP contribution < -0.4 is 5.32 Å². The van der Waals surface area contributed by atoms with Crippen LogP contribution >= 0.6 is 47.8 Å². The average Bonchev–Trinajstić information content (AvgIpc) is 2.41. The van der Waals surface area contributed by atoms with Crippen LogP contribution in [0.15, 0.2) is 27.1 Å². The first-order chi connectivity index (χ1) is 9.46. The van der Waals surface area contributed by atoms with Crippen molar-refractivity contribution in [2.75, 3.05) is 5.33 Å². The Balaban J connectivity index is 2.19. The number of hydrogen-bond donors (Lipinski definition) is 1. The van der Waals surface area contributed by atoms with Gasteiger partial charge >= 0.3 is 0 Å². The number of halogens is 3. The smallest absolute Gasteiger partial charge is 0.252 e. The number of alkyl halides is 1. The van der Waals surface area contributed by atoms with Crippen molar-refractivity contribution < 1.29 is 4.79 Å². The predicted molar refractivity (Wildman–Crippen MR) is 93.5 cm³/mol. The number of nitrogens with one attached hydrogen (secondary N) is 1. The third kappa shape index (κ3) is 3.86. The Hall–Kier alpha value is 0.130. The van der Waals surface area contributed by atoms with Crippen LogP contribution in [0.5, 0.6) is 0 Å². The standard InChI is InChI=1S/C15H18Br3NO/c1-10-3-2-6-15(8-10,9-16)19-14(20)12-7-11(17)4-5-13(12)18/h4-5,7,10H,2-3,6,8-9H2,1H3,(H,19,20). The first kappa shape index (κ1) is 16.5. The Bertz CT molecular complexity index is 506. The number of hydrogen-bond acceptors (Lipinski definition) is 1. The second-order valence-corrected chi connectivity index (χ2v) is 8.02. The van der Waals surface area contributed by atoms with E-state index in [9.17, 15) is 4.79 Å². The van der Waals surface area contributed by atoms with E-state index in [2.05, 4.69) is 60.0 Å². The Morgan fingerprint density at radius 2 is 2.20 bits per heavy atom. The highest BCUT2D eigenvalue weighted by atomic mass is 79.9. The van der Waals surface area contributed by atoms with Gasteiger partial charge in [0.25, 0.3) is 5.91 Å². The van der Waals surface area contributed by atoms with Crippen LogP contribution in [0.1, 0.15) is 43.0 Å². The third-order valence-electron chi connectivity index (χ3n) is 3.90. The molecule has 2 nitrogen and oxygen atoms in total. The molecular weight excluding hydrogens is 450 g/mol. The summed E-state index contributed by atoms with van der Waals surface area (Å²) in [5, 5.41) is 4.07. The Kier molecular flexibility index (Phi) is 5.71. The van der Waals surface area contributed by atoms with E-state index >= 15 is 0 Å². The van der Waals surface area contributed by atoms with Crippen molar-refractivity contribution in [3.63, 3.8) is 0 Å². The lowest BCUT2D eigenvalue weighted by molar-refractivity contribution is 0.0868. The molecule has 1 aliphatic carbocycles. The summed E-state index contributed by atoms with van der Waals surface area (Å²) in [7, 11) is 0. The molecule has 20 heavy (non-hydrogen) atoms. The molecule has 5 heteroatoms. The van der Waals surface area contributed by atoms with Crippen molar-refractivity contribution in [3.8, 4) is 0 Å². The van der Waals surface area contributed by atoms with Gasteiger partial charge in [-0.3, -0.25) is 4.79 Å². The molecule has 0 radical (unpaired) electrons. The van der Waals surface area contributed by atoms with Crippen molar-refractivity contribution in [3.05, 3.63) is 32.7 Å². The van der Waals surface area contributed by atoms with Gasteiger partial charge in [0, 0.05) is 14.3 Å². The van der Waals surface area contributed by atoms with Gasteiger partial charge in [-0.2, -0.15) is 0 Å². The quantitative estimate of drug-likeness (QED) is 0.601. The fourth-order valence-corrected chi connectivity index (χ4v) is 4.35. The van der Waals surface area contributed by atoms with Crippen LogP contribution in [-0.2, 0) is 0 Å². The molecule has 0 aromatic heterocycles. The van der Waals surface area contributed by atoms with Crippen LogP contribution in [0.2, 0.25) is 0 Å². The Morgan fingerprint density at radius 1 is 1.45 bits per heavy atom. The van der Waals surface area contributed by atoms with Crippen molar-refractivity contribution in [2.24, 2.45) is 5.92 Å². The topological polar surface area (TPSA) is 29.1 Å². The molecule has 0 saturated heterocycles. The SMILES string of the molecule is CC1CCCC(CBr)(NC(=O)c2cc(Br)ccc2Br)C1. The lowest BCUT2D eigenvalue weighted by atomic mass is 9.77. The van der Waals surface area contributed by atoms with Gasteiger partial charge in [-0.15, -0.1) is 0 Å². The van der Waals surface area contributed by atoms with Gasteiger partial charge in [0.05, 0.1) is 11.1 Å². The molecule has 1 N–H and O–H groups in total. The van der Waals surface area contributed by atoms with Gasteiger partial charge in [0.2, 0.25) is 0 Å². The van der Waals surface area contributed by atoms with Gasteiger partial charge < -0.3 is 5.32 Å². The van der Waals surface area contributed by atoms with Crippen molar-refractivity contribution in [1.82, 2.24) is 5.32 Å². The lowest BCUT2D eigenvalue weighted by Crippen LogP contribution is -2.52. The van der Waals surface area contributed by atoms with E-state index in [-0.39, 0.29) is 11.4 Å². The number of rotatable bonds is 3. The minimum Gasteiger partial charge on any atom is -0.346 e. The molecule has 110 valence electrons. The van der Waals surface area contributed by atoms with Crippen molar-refractivity contribution in [2.45, 2.75) is 38.1 Å². The van der Waals surface area contributed by atoms with E-state index in [1.807, 2.05) is 18.2 Å². The minimum atomic E-state index is -0.115. The molecule has 1 saturated carbocycles. The van der Waals surface area contributed by atoms with Crippen molar-refractivity contribution >= 4 is 53.7 Å². The first-order valence-electron chi connectivity index (χ1n) is 6.79. The zero-order valence-corrected chi connectivity index (χ0v) is 16.1. The Labute approximate surface area is 145 Å². The molecule has 0 bridgehead atoms. The van der Waals surface area contributed by atoms with Crippen molar-refractivity contribution in [1.29, 1.82) is 0 Å². The van der Waals surface area contributed by atoms with Crippen LogP contribution in [0.25, 0.3) is 0 Å². The monoisotopic (exact) mass is 465 g/mol. The number of carbonyl (C=O) groups excluding carboxylic acids is 1. The predicted octanol–water partition coefficient (Wildman–Crippen LogP) is 5.29. The molecule has 2 rings (SSSR count). The van der Waals surface area contributed by atoms with Crippen LogP contribution in [-0.4, -0.2) is 16.8 Å². The maximum absolute atomic E-state index is 12.6. The summed E-state index contributed by atoms with van der Waals surface area (Å²) < 4.78 is 1.74. The zero-order chi connectivity index (χ0) is 14.8. The Morgan fingerprint density at radius 3 is 2.85 bits per heavy atom. The summed E-state index contributed by atoms with van der Waals surface area (Å²) in [5.41, 5.74) is 0.564. The molecule has 1 aromatic rings. The largest absolute Gasteiger partial charge is 0.346 e. The summed E-state index contributed by atoms with van der Waals surface area (Å²) in [6.07, 6.45) is 4.51. The molecule has 1 amide bonds. The summed E-state index contributed by atoms with van der Waals surface area (Å²) >= 11 is 10.5. The van der Waals surface area contributed by atoms with Gasteiger partial charge in [-0.25, -0.2) is 0 Å². The summed E-state index contributed by atoms with van der Waals surface area (Å²) in [6.45, 7) is 2.26. The van der Waals surface area contributed by atoms with E-state index in [0.29, 0.717) is 11.5 Å². The van der Waals surface area contributed by atoms with E-state index in [4.69, 9.17) is 0 Å². The molecule has 2 unspecified atom stereocenters. The highest BCUT2D eigenvalue weighted by Crippen LogP contribution is 2.34. The minimum absolute atomic E-state index is 0.00766. The van der Waals surface area contributed by atoms with Gasteiger partial charge in [-0.05, 0) is 52.9 Å². The highest BCUT2D eigenvalue weighted by molar-refractivity contribution is 9.11. The molecule has 1 fully saturated rings. The molecule has 0 aliphatic heterocycles. The second-order valence-electron chi connectivity index (χ2n) is 5.69. The molecule has 0 spiro atoms. The molecular formula is C15H18Br3NO. The average molecular weight is 468 g/mol. The zero-order valence-electron chi connectivity index (χ0n) is 11.4. The number of carbonyl (C=O) groups is 1. The normalized spacial score (nSPS) is 26.3. The van der Waals surface area contributed by atoms with Gasteiger partial charge in [0.15, 0.2) is 0 Å². The maximum atomic E-state index is 12.6. The van der Waals surface area contributed by atoms with E-state index in [1.54, 1.807) is 0 Å². The maximum Gasteiger partial charge on any atom is 0.252 e. The van der Waals surface area contributed by atoms with E-state index < -0.39 is 0 Å². The first-order valence-corrected chi connectivity index (χ1v) is 9.50. The summed E-state index contributed by atoms with van der Waals surface area (Å²) in [5.74, 6) is 0.652. The number of benzene rings is 1. The van der Waals surface area contributed by atoms with E-state index in [1.165, 1.54) is 12.8 Å². The van der Waals surface area contributed by atoms with Crippen LogP contribution in [0.3, 0.4) is 0 Å². The van der Waals surface area contributed by atoms with Crippen LogP contribution in [0, 0.1) is 5.92 Å². The fraction of sp³-hybridized carbons (Fsp3) is 0.533.